The lowest BCUT2D eigenvalue weighted by Crippen LogP contribution is -2.37. The lowest BCUT2D eigenvalue weighted by Gasteiger charge is -2.24. The van der Waals surface area contributed by atoms with Crippen molar-refractivity contribution < 1.29 is 42.1 Å². The maximum Gasteiger partial charge on any atom is 0.472 e. The largest absolute Gasteiger partial charge is 0.472 e. The highest BCUT2D eigenvalue weighted by molar-refractivity contribution is 7.47. The number of rotatable bonds is 42. The number of phosphoric acid groups is 1. The number of esters is 2. The zero-order valence-corrected chi connectivity index (χ0v) is 37.6. The van der Waals surface area contributed by atoms with Crippen LogP contribution in [0, 0.1) is 0 Å². The fourth-order valence-corrected chi connectivity index (χ4v) is 7.16. The molecular weight excluding hydrogens is 713 g/mol. The summed E-state index contributed by atoms with van der Waals surface area (Å²) in [4.78, 5) is 35.3. The molecule has 0 bridgehead atoms. The van der Waals surface area contributed by atoms with Crippen LogP contribution in [0.1, 0.15) is 213 Å². The number of phosphoric ester groups is 1. The molecule has 9 nitrogen and oxygen atoms in total. The molecule has 0 saturated carbocycles. The van der Waals surface area contributed by atoms with E-state index >= 15 is 0 Å². The van der Waals surface area contributed by atoms with E-state index in [9.17, 15) is 19.0 Å². The Balaban J connectivity index is 4.25. The van der Waals surface area contributed by atoms with Crippen LogP contribution in [0.15, 0.2) is 12.2 Å². The number of carbonyl (C=O) groups excluding carboxylic acids is 2. The van der Waals surface area contributed by atoms with E-state index in [2.05, 4.69) is 26.0 Å². The first kappa shape index (κ1) is 53.8. The van der Waals surface area contributed by atoms with Crippen molar-refractivity contribution in [3.8, 4) is 0 Å². The second-order valence-corrected chi connectivity index (χ2v) is 18.2. The van der Waals surface area contributed by atoms with Gasteiger partial charge in [-0.05, 0) is 38.5 Å². The standard InChI is InChI=1S/C45H88NO8P/c1-6-8-10-12-14-16-18-20-21-22-23-24-25-26-28-29-31-33-35-37-44(47)51-41-43(42-53-55(49,50)52-40-39-46(3,4)5)54-45(48)38-36-34-32-30-27-19-17-15-13-11-9-7-2/h15,17,43H,6-14,16,18-42H2,1-5H3/p+1/b17-15+/t43-/m0/s1. The Kier molecular flexibility index (Phi) is 37.4. The second-order valence-electron chi connectivity index (χ2n) is 16.8. The Morgan fingerprint density at radius 3 is 1.38 bits per heavy atom. The van der Waals surface area contributed by atoms with Crippen molar-refractivity contribution >= 4 is 19.8 Å². The van der Waals surface area contributed by atoms with Crippen molar-refractivity contribution in [2.75, 3.05) is 47.5 Å². The molecule has 1 unspecified atom stereocenters. The molecule has 0 aromatic rings. The zero-order valence-electron chi connectivity index (χ0n) is 36.7. The van der Waals surface area contributed by atoms with Crippen molar-refractivity contribution in [3.63, 3.8) is 0 Å². The maximum atomic E-state index is 12.7. The first-order valence-corrected chi connectivity index (χ1v) is 24.4. The summed E-state index contributed by atoms with van der Waals surface area (Å²) in [6.45, 7) is 4.41. The van der Waals surface area contributed by atoms with Gasteiger partial charge in [-0.15, -0.1) is 0 Å². The lowest BCUT2D eigenvalue weighted by molar-refractivity contribution is -0.870. The third kappa shape index (κ3) is 42.2. The smallest absolute Gasteiger partial charge is 0.462 e. The van der Waals surface area contributed by atoms with Crippen LogP contribution in [0.4, 0.5) is 0 Å². The Bertz CT molecular complexity index is 954. The molecule has 0 aromatic heterocycles. The molecule has 0 fully saturated rings. The molecule has 2 atom stereocenters. The maximum absolute atomic E-state index is 12.7. The van der Waals surface area contributed by atoms with Gasteiger partial charge in [0.25, 0.3) is 0 Å². The van der Waals surface area contributed by atoms with Gasteiger partial charge in [-0.2, -0.15) is 0 Å². The number of carbonyl (C=O) groups is 2. The number of hydrogen-bond donors (Lipinski definition) is 1. The summed E-state index contributed by atoms with van der Waals surface area (Å²) >= 11 is 0. The first-order valence-electron chi connectivity index (χ1n) is 22.9. The molecule has 0 rings (SSSR count). The quantitative estimate of drug-likeness (QED) is 0.0214. The highest BCUT2D eigenvalue weighted by Crippen LogP contribution is 2.43. The molecule has 326 valence electrons. The molecule has 0 amide bonds. The van der Waals surface area contributed by atoms with Gasteiger partial charge >= 0.3 is 19.8 Å². The van der Waals surface area contributed by atoms with E-state index < -0.39 is 26.5 Å². The molecule has 0 aromatic carbocycles. The van der Waals surface area contributed by atoms with Crippen LogP contribution < -0.4 is 0 Å². The molecule has 0 aliphatic rings. The van der Waals surface area contributed by atoms with Crippen molar-refractivity contribution in [3.05, 3.63) is 12.2 Å². The molecular formula is C45H89NO8P+. The van der Waals surface area contributed by atoms with Crippen LogP contribution in [-0.4, -0.2) is 74.9 Å². The predicted molar refractivity (Wildman–Crippen MR) is 229 cm³/mol. The van der Waals surface area contributed by atoms with Crippen LogP contribution in [0.2, 0.25) is 0 Å². The number of likely N-dealkylation sites (N-methyl/N-ethyl adjacent to an activating group) is 1. The van der Waals surface area contributed by atoms with E-state index in [-0.39, 0.29) is 25.6 Å². The van der Waals surface area contributed by atoms with Gasteiger partial charge in [-0.3, -0.25) is 18.6 Å². The Morgan fingerprint density at radius 2 is 0.927 bits per heavy atom. The molecule has 0 spiro atoms. The van der Waals surface area contributed by atoms with Gasteiger partial charge in [-0.1, -0.05) is 174 Å². The van der Waals surface area contributed by atoms with Gasteiger partial charge < -0.3 is 18.9 Å². The van der Waals surface area contributed by atoms with E-state index in [4.69, 9.17) is 18.5 Å². The number of quaternary nitrogens is 1. The predicted octanol–water partition coefficient (Wildman–Crippen LogP) is 13.0. The molecule has 0 heterocycles. The van der Waals surface area contributed by atoms with Crippen molar-refractivity contribution in [1.82, 2.24) is 0 Å². The fraction of sp³-hybridized carbons (Fsp3) is 0.911. The molecule has 0 radical (unpaired) electrons. The summed E-state index contributed by atoms with van der Waals surface area (Å²) in [7, 11) is 1.48. The summed E-state index contributed by atoms with van der Waals surface area (Å²) in [6.07, 6.45) is 39.7. The normalized spacial score (nSPS) is 13.6. The summed E-state index contributed by atoms with van der Waals surface area (Å²) in [5.74, 6) is -0.799. The van der Waals surface area contributed by atoms with Gasteiger partial charge in [0.2, 0.25) is 0 Å². The summed E-state index contributed by atoms with van der Waals surface area (Å²) in [6, 6.07) is 0. The molecule has 0 aliphatic carbocycles. The van der Waals surface area contributed by atoms with Crippen molar-refractivity contribution in [2.45, 2.75) is 219 Å². The minimum atomic E-state index is -4.37. The Labute approximate surface area is 339 Å². The van der Waals surface area contributed by atoms with Gasteiger partial charge in [0.05, 0.1) is 27.7 Å². The van der Waals surface area contributed by atoms with Crippen LogP contribution in [0.5, 0.6) is 0 Å². The highest BCUT2D eigenvalue weighted by atomic mass is 31.2. The fourth-order valence-electron chi connectivity index (χ4n) is 6.42. The average Bonchev–Trinajstić information content (AvgIpc) is 3.13. The van der Waals surface area contributed by atoms with Crippen molar-refractivity contribution in [2.24, 2.45) is 0 Å². The van der Waals surface area contributed by atoms with Crippen LogP contribution in [-0.2, 0) is 32.7 Å². The van der Waals surface area contributed by atoms with Crippen molar-refractivity contribution in [1.29, 1.82) is 0 Å². The number of hydrogen-bond acceptors (Lipinski definition) is 7. The minimum Gasteiger partial charge on any atom is -0.462 e. The number of ether oxygens (including phenoxy) is 2. The molecule has 55 heavy (non-hydrogen) atoms. The highest BCUT2D eigenvalue weighted by Gasteiger charge is 2.27. The third-order valence-corrected chi connectivity index (χ3v) is 11.0. The third-order valence-electron chi connectivity index (χ3n) is 10.0. The summed E-state index contributed by atoms with van der Waals surface area (Å²) in [5.41, 5.74) is 0. The molecule has 0 saturated heterocycles. The van der Waals surface area contributed by atoms with Gasteiger partial charge in [0.15, 0.2) is 6.10 Å². The van der Waals surface area contributed by atoms with Crippen LogP contribution in [0.25, 0.3) is 0 Å². The lowest BCUT2D eigenvalue weighted by atomic mass is 10.0. The second kappa shape index (κ2) is 38.3. The van der Waals surface area contributed by atoms with Gasteiger partial charge in [0.1, 0.15) is 19.8 Å². The van der Waals surface area contributed by atoms with Crippen LogP contribution >= 0.6 is 7.82 Å². The van der Waals surface area contributed by atoms with Gasteiger partial charge in [0, 0.05) is 12.8 Å². The first-order chi connectivity index (χ1) is 26.5. The monoisotopic (exact) mass is 803 g/mol. The van der Waals surface area contributed by atoms with E-state index in [1.165, 1.54) is 128 Å². The summed E-state index contributed by atoms with van der Waals surface area (Å²) < 4.78 is 34.3. The van der Waals surface area contributed by atoms with Gasteiger partial charge in [-0.25, -0.2) is 4.57 Å². The zero-order chi connectivity index (χ0) is 40.7. The minimum absolute atomic E-state index is 0.0331. The number of nitrogens with zero attached hydrogens (tertiary/aromatic N) is 1. The topological polar surface area (TPSA) is 108 Å². The Morgan fingerprint density at radius 1 is 0.545 bits per heavy atom. The average molecular weight is 803 g/mol. The summed E-state index contributed by atoms with van der Waals surface area (Å²) in [5, 5.41) is 0. The molecule has 0 aliphatic heterocycles. The SMILES string of the molecule is CCCCC/C=C/CCCCCCCC(=O)O[C@@H](COC(=O)CCCCCCCCCCCCCCCCCCCCC)COP(=O)(O)OCC[N+](C)(C)C. The Hall–Kier alpha value is -1.25. The van der Waals surface area contributed by atoms with E-state index in [0.717, 1.165) is 51.4 Å². The molecule has 1 N–H and O–H groups in total. The molecule has 10 heteroatoms. The number of unbranched alkanes of at least 4 members (excludes halogenated alkanes) is 26. The number of allylic oxidation sites excluding steroid dienone is 2. The van der Waals surface area contributed by atoms with E-state index in [1.54, 1.807) is 0 Å². The van der Waals surface area contributed by atoms with E-state index in [1.807, 2.05) is 21.1 Å². The van der Waals surface area contributed by atoms with Crippen LogP contribution in [0.3, 0.4) is 0 Å². The van der Waals surface area contributed by atoms with E-state index in [0.29, 0.717) is 23.9 Å².